The molecule has 0 heterocycles. The van der Waals surface area contributed by atoms with E-state index in [9.17, 15) is 13.2 Å². The average Bonchev–Trinajstić information content (AvgIpc) is 2.34. The van der Waals surface area contributed by atoms with Gasteiger partial charge in [0.2, 0.25) is 0 Å². The van der Waals surface area contributed by atoms with E-state index >= 15 is 0 Å². The van der Waals surface area contributed by atoms with E-state index in [2.05, 4.69) is 5.32 Å². The Hall–Kier alpha value is -1.21. The van der Waals surface area contributed by atoms with Gasteiger partial charge in [-0.25, -0.2) is 8.42 Å². The van der Waals surface area contributed by atoms with Crippen LogP contribution in [0.15, 0.2) is 23.1 Å². The number of carbonyl (C=O) groups is 1. The Kier molecular flexibility index (Phi) is 5.10. The van der Waals surface area contributed by atoms with Crippen LogP contribution in [0.25, 0.3) is 0 Å². The van der Waals surface area contributed by atoms with Crippen LogP contribution in [-0.2, 0) is 9.84 Å². The smallest absolute Gasteiger partial charge is 0.251 e. The number of sulfone groups is 1. The van der Waals surface area contributed by atoms with Crippen molar-refractivity contribution in [3.63, 3.8) is 0 Å². The number of nitrogen functional groups attached to an aromatic ring is 1. The van der Waals surface area contributed by atoms with E-state index in [4.69, 9.17) is 5.73 Å². The molecule has 7 heteroatoms. The number of hydrogen-bond donors (Lipinski definition) is 2. The van der Waals surface area contributed by atoms with Gasteiger partial charge in [0.1, 0.15) is 0 Å². The van der Waals surface area contributed by atoms with Gasteiger partial charge in [-0.05, 0) is 38.3 Å². The summed E-state index contributed by atoms with van der Waals surface area (Å²) in [6, 6.07) is 4.15. The van der Waals surface area contributed by atoms with Crippen LogP contribution in [0.5, 0.6) is 0 Å². The van der Waals surface area contributed by atoms with Crippen molar-refractivity contribution in [3.8, 4) is 0 Å². The summed E-state index contributed by atoms with van der Waals surface area (Å²) in [4.78, 5) is 12.1. The summed E-state index contributed by atoms with van der Waals surface area (Å²) in [6.45, 7) is 4.51. The molecule has 5 nitrogen and oxygen atoms in total. The SMILES string of the molecule is CSC(C)(C)CNC(=O)c1cc(N)cc(S(C)(=O)=O)c1. The van der Waals surface area contributed by atoms with Gasteiger partial charge >= 0.3 is 0 Å². The minimum atomic E-state index is -3.39. The number of nitrogens with one attached hydrogen (secondary N) is 1. The first-order chi connectivity index (χ1) is 9.05. The molecule has 0 atom stereocenters. The van der Waals surface area contributed by atoms with E-state index in [1.54, 1.807) is 11.8 Å². The Morgan fingerprint density at radius 3 is 2.45 bits per heavy atom. The lowest BCUT2D eigenvalue weighted by molar-refractivity contribution is 0.0950. The number of hydrogen-bond acceptors (Lipinski definition) is 5. The molecule has 0 radical (unpaired) electrons. The number of rotatable bonds is 5. The maximum atomic E-state index is 12.1. The van der Waals surface area contributed by atoms with Crippen molar-refractivity contribution in [2.45, 2.75) is 23.5 Å². The fourth-order valence-corrected chi connectivity index (χ4v) is 2.34. The summed E-state index contributed by atoms with van der Waals surface area (Å²) in [7, 11) is -3.39. The number of benzene rings is 1. The third-order valence-corrected chi connectivity index (χ3v) is 5.19. The fraction of sp³-hybridized carbons (Fsp3) is 0.462. The fourth-order valence-electron chi connectivity index (χ4n) is 1.43. The van der Waals surface area contributed by atoms with E-state index in [1.165, 1.54) is 18.2 Å². The van der Waals surface area contributed by atoms with Crippen LogP contribution in [0.1, 0.15) is 24.2 Å². The number of amides is 1. The number of carbonyl (C=O) groups excluding carboxylic acids is 1. The standard InChI is InChI=1S/C13H20N2O3S2/c1-13(2,19-3)8-15-12(16)9-5-10(14)7-11(6-9)20(4,17)18/h5-7H,8,14H2,1-4H3,(H,15,16). The first-order valence-corrected chi connectivity index (χ1v) is 9.11. The van der Waals surface area contributed by atoms with Crippen molar-refractivity contribution in [1.82, 2.24) is 5.32 Å². The molecule has 1 amide bonds. The van der Waals surface area contributed by atoms with Crippen LogP contribution in [-0.4, -0.2) is 38.1 Å². The van der Waals surface area contributed by atoms with Crippen LogP contribution in [0.2, 0.25) is 0 Å². The number of thioether (sulfide) groups is 1. The van der Waals surface area contributed by atoms with Gasteiger partial charge in [-0.1, -0.05) is 0 Å². The second kappa shape index (κ2) is 6.05. The zero-order valence-electron chi connectivity index (χ0n) is 12.1. The molecule has 1 rings (SSSR count). The largest absolute Gasteiger partial charge is 0.399 e. The molecule has 0 saturated heterocycles. The van der Waals surface area contributed by atoms with Gasteiger partial charge in [-0.3, -0.25) is 4.79 Å². The Balaban J connectivity index is 2.97. The summed E-state index contributed by atoms with van der Waals surface area (Å²) < 4.78 is 23.0. The molecule has 0 spiro atoms. The summed E-state index contributed by atoms with van der Waals surface area (Å²) in [6.07, 6.45) is 3.05. The molecule has 0 fully saturated rings. The summed E-state index contributed by atoms with van der Waals surface area (Å²) >= 11 is 1.64. The van der Waals surface area contributed by atoms with Gasteiger partial charge in [0.05, 0.1) is 4.90 Å². The zero-order chi connectivity index (χ0) is 15.6. The van der Waals surface area contributed by atoms with Crippen molar-refractivity contribution >= 4 is 33.2 Å². The monoisotopic (exact) mass is 316 g/mol. The highest BCUT2D eigenvalue weighted by molar-refractivity contribution is 7.99. The third kappa shape index (κ3) is 4.72. The van der Waals surface area contributed by atoms with E-state index in [-0.39, 0.29) is 26.8 Å². The average molecular weight is 316 g/mol. The van der Waals surface area contributed by atoms with Crippen molar-refractivity contribution in [3.05, 3.63) is 23.8 Å². The molecule has 0 bridgehead atoms. The minimum absolute atomic E-state index is 0.0479. The predicted molar refractivity (Wildman–Crippen MR) is 83.9 cm³/mol. The van der Waals surface area contributed by atoms with Gasteiger partial charge in [-0.15, -0.1) is 0 Å². The molecule has 0 aromatic heterocycles. The predicted octanol–water partition coefficient (Wildman–Crippen LogP) is 1.54. The van der Waals surface area contributed by atoms with Crippen molar-refractivity contribution < 1.29 is 13.2 Å². The lowest BCUT2D eigenvalue weighted by atomic mass is 10.1. The molecule has 0 aliphatic rings. The molecule has 0 unspecified atom stereocenters. The second-order valence-corrected chi connectivity index (χ2v) is 8.74. The van der Waals surface area contributed by atoms with Gasteiger partial charge in [0.25, 0.3) is 5.91 Å². The molecular weight excluding hydrogens is 296 g/mol. The minimum Gasteiger partial charge on any atom is -0.399 e. The molecule has 0 aliphatic heterocycles. The summed E-state index contributed by atoms with van der Waals surface area (Å²) in [5, 5.41) is 2.79. The molecule has 1 aromatic carbocycles. The highest BCUT2D eigenvalue weighted by atomic mass is 32.2. The van der Waals surface area contributed by atoms with Crippen LogP contribution >= 0.6 is 11.8 Å². The summed E-state index contributed by atoms with van der Waals surface area (Å²) in [5.74, 6) is -0.329. The van der Waals surface area contributed by atoms with E-state index in [0.717, 1.165) is 6.26 Å². The van der Waals surface area contributed by atoms with Crippen LogP contribution < -0.4 is 11.1 Å². The number of nitrogens with two attached hydrogens (primary N) is 1. The van der Waals surface area contributed by atoms with Crippen LogP contribution in [0, 0.1) is 0 Å². The molecule has 1 aromatic rings. The van der Waals surface area contributed by atoms with Crippen LogP contribution in [0.4, 0.5) is 5.69 Å². The molecule has 0 saturated carbocycles. The number of anilines is 1. The maximum Gasteiger partial charge on any atom is 0.251 e. The molecule has 3 N–H and O–H groups in total. The first kappa shape index (κ1) is 16.8. The highest BCUT2D eigenvalue weighted by Gasteiger charge is 2.19. The zero-order valence-corrected chi connectivity index (χ0v) is 13.7. The van der Waals surface area contributed by atoms with E-state index < -0.39 is 9.84 Å². The van der Waals surface area contributed by atoms with Crippen molar-refractivity contribution in [1.29, 1.82) is 0 Å². The van der Waals surface area contributed by atoms with Gasteiger partial charge in [-0.2, -0.15) is 11.8 Å². The normalized spacial score (nSPS) is 12.2. The maximum absolute atomic E-state index is 12.1. The third-order valence-electron chi connectivity index (χ3n) is 2.85. The molecule has 20 heavy (non-hydrogen) atoms. The second-order valence-electron chi connectivity index (χ2n) is 5.21. The Bertz CT molecular complexity index is 610. The molecule has 0 aliphatic carbocycles. The van der Waals surface area contributed by atoms with Crippen molar-refractivity contribution in [2.75, 3.05) is 24.8 Å². The van der Waals surface area contributed by atoms with E-state index in [0.29, 0.717) is 6.54 Å². The Morgan fingerprint density at radius 2 is 1.95 bits per heavy atom. The lowest BCUT2D eigenvalue weighted by Gasteiger charge is -2.22. The quantitative estimate of drug-likeness (QED) is 0.804. The van der Waals surface area contributed by atoms with Gasteiger partial charge in [0.15, 0.2) is 9.84 Å². The Labute approximate surface area is 124 Å². The van der Waals surface area contributed by atoms with Gasteiger partial charge < -0.3 is 11.1 Å². The molecular formula is C13H20N2O3S2. The lowest BCUT2D eigenvalue weighted by Crippen LogP contribution is -2.36. The highest BCUT2D eigenvalue weighted by Crippen LogP contribution is 2.20. The topological polar surface area (TPSA) is 89.3 Å². The van der Waals surface area contributed by atoms with Crippen LogP contribution in [0.3, 0.4) is 0 Å². The van der Waals surface area contributed by atoms with E-state index in [1.807, 2.05) is 20.1 Å². The first-order valence-electron chi connectivity index (χ1n) is 5.99. The Morgan fingerprint density at radius 1 is 1.35 bits per heavy atom. The molecule has 112 valence electrons. The van der Waals surface area contributed by atoms with Crippen molar-refractivity contribution in [2.24, 2.45) is 0 Å². The van der Waals surface area contributed by atoms with Gasteiger partial charge in [0, 0.05) is 28.8 Å². The summed E-state index contributed by atoms with van der Waals surface area (Å²) in [5.41, 5.74) is 6.16.